The predicted molar refractivity (Wildman–Crippen MR) is 71.1 cm³/mol. The van der Waals surface area contributed by atoms with E-state index in [-0.39, 0.29) is 5.91 Å². The number of aromatic nitrogens is 3. The maximum absolute atomic E-state index is 12.1. The molecule has 0 unspecified atom stereocenters. The molecule has 0 aliphatic heterocycles. The van der Waals surface area contributed by atoms with Crippen molar-refractivity contribution in [1.29, 1.82) is 0 Å². The summed E-state index contributed by atoms with van der Waals surface area (Å²) in [7, 11) is 0. The fraction of sp³-hybridized carbons (Fsp3) is 0.154. The van der Waals surface area contributed by atoms with E-state index in [9.17, 15) is 4.79 Å². The predicted octanol–water partition coefficient (Wildman–Crippen LogP) is 2.42. The first-order valence-electron chi connectivity index (χ1n) is 5.53. The molecule has 0 bridgehead atoms. The molecule has 2 aromatic rings. The summed E-state index contributed by atoms with van der Waals surface area (Å²) >= 11 is 0. The number of amides is 1. The van der Waals surface area contributed by atoms with E-state index in [0.29, 0.717) is 16.9 Å². The molecule has 5 heteroatoms. The number of anilines is 1. The summed E-state index contributed by atoms with van der Waals surface area (Å²) < 4.78 is 0. The van der Waals surface area contributed by atoms with E-state index < -0.39 is 0 Å². The van der Waals surface area contributed by atoms with Gasteiger partial charge in [-0.25, -0.2) is 4.98 Å². The minimum atomic E-state index is -0.182. The van der Waals surface area contributed by atoms with Crippen molar-refractivity contribution in [2.24, 2.45) is 0 Å². The first-order valence-corrected chi connectivity index (χ1v) is 5.53. The van der Waals surface area contributed by atoms with Crippen LogP contribution in [-0.2, 0) is 4.79 Å². The molecule has 0 radical (unpaired) electrons. The van der Waals surface area contributed by atoms with Gasteiger partial charge in [0.05, 0.1) is 17.3 Å². The lowest BCUT2D eigenvalue weighted by atomic mass is 10.1. The molecule has 0 fully saturated rings. The van der Waals surface area contributed by atoms with E-state index in [1.807, 2.05) is 13.8 Å². The van der Waals surface area contributed by atoms with Gasteiger partial charge in [0.1, 0.15) is 0 Å². The lowest BCUT2D eigenvalue weighted by molar-refractivity contribution is -0.112. The molecule has 0 aromatic carbocycles. The molecule has 0 saturated carbocycles. The fourth-order valence-electron chi connectivity index (χ4n) is 1.67. The number of hydrogen-bond acceptors (Lipinski definition) is 3. The Morgan fingerprint density at radius 1 is 1.50 bits per heavy atom. The van der Waals surface area contributed by atoms with Crippen LogP contribution in [0, 0.1) is 0 Å². The number of rotatable bonds is 3. The second-order valence-corrected chi connectivity index (χ2v) is 4.06. The first-order chi connectivity index (χ1) is 8.63. The third kappa shape index (κ3) is 2.15. The molecule has 0 atom stereocenters. The van der Waals surface area contributed by atoms with E-state index in [1.54, 1.807) is 24.5 Å². The Labute approximate surface area is 105 Å². The molecule has 5 nitrogen and oxygen atoms in total. The van der Waals surface area contributed by atoms with Crippen LogP contribution < -0.4 is 5.32 Å². The molecular weight excluding hydrogens is 228 g/mol. The van der Waals surface area contributed by atoms with Gasteiger partial charge in [0.15, 0.2) is 5.65 Å². The van der Waals surface area contributed by atoms with Gasteiger partial charge in [-0.1, -0.05) is 18.2 Å². The van der Waals surface area contributed by atoms with Crippen LogP contribution in [0.3, 0.4) is 0 Å². The quantitative estimate of drug-likeness (QED) is 0.641. The third-order valence-corrected chi connectivity index (χ3v) is 2.59. The van der Waals surface area contributed by atoms with Gasteiger partial charge in [0, 0.05) is 11.8 Å². The summed E-state index contributed by atoms with van der Waals surface area (Å²) in [6, 6.07) is 1.74. The van der Waals surface area contributed by atoms with E-state index >= 15 is 0 Å². The van der Waals surface area contributed by atoms with Gasteiger partial charge in [0.25, 0.3) is 5.91 Å². The Morgan fingerprint density at radius 3 is 2.94 bits per heavy atom. The largest absolute Gasteiger partial charge is 0.321 e. The molecule has 1 amide bonds. The molecule has 0 saturated heterocycles. The Balaban J connectivity index is 2.35. The van der Waals surface area contributed by atoms with Crippen molar-refractivity contribution < 1.29 is 4.79 Å². The lowest BCUT2D eigenvalue weighted by Gasteiger charge is -2.07. The van der Waals surface area contributed by atoms with Gasteiger partial charge in [-0.2, -0.15) is 5.10 Å². The minimum absolute atomic E-state index is 0.182. The van der Waals surface area contributed by atoms with Crippen molar-refractivity contribution in [1.82, 2.24) is 15.2 Å². The number of aromatic amines is 1. The van der Waals surface area contributed by atoms with E-state index in [0.717, 1.165) is 11.0 Å². The standard InChI is InChI=1S/C13H14N4O/c1-4-9(8(2)3)13(18)16-11-5-6-14-12-10(11)7-15-17-12/h4-7H,1H2,2-3H3,(H2,14,15,16,17,18). The number of nitrogens with zero attached hydrogens (tertiary/aromatic N) is 2. The number of carbonyl (C=O) groups is 1. The number of carbonyl (C=O) groups excluding carboxylic acids is 1. The van der Waals surface area contributed by atoms with Crippen LogP contribution in [0.25, 0.3) is 11.0 Å². The summed E-state index contributed by atoms with van der Waals surface area (Å²) in [5.74, 6) is -0.182. The molecule has 18 heavy (non-hydrogen) atoms. The highest BCUT2D eigenvalue weighted by molar-refractivity contribution is 6.09. The van der Waals surface area contributed by atoms with Crippen LogP contribution in [-0.4, -0.2) is 21.1 Å². The molecule has 92 valence electrons. The number of H-pyrrole nitrogens is 1. The van der Waals surface area contributed by atoms with E-state index in [4.69, 9.17) is 0 Å². The van der Waals surface area contributed by atoms with Crippen molar-refractivity contribution in [3.05, 3.63) is 42.3 Å². The molecule has 2 aromatic heterocycles. The van der Waals surface area contributed by atoms with E-state index in [1.165, 1.54) is 0 Å². The van der Waals surface area contributed by atoms with Crippen molar-refractivity contribution in [3.63, 3.8) is 0 Å². The summed E-state index contributed by atoms with van der Waals surface area (Å²) in [6.45, 7) is 7.39. The number of fused-ring (bicyclic) bond motifs is 1. The second kappa shape index (κ2) is 4.83. The topological polar surface area (TPSA) is 70.7 Å². The zero-order chi connectivity index (χ0) is 13.1. The van der Waals surface area contributed by atoms with Crippen molar-refractivity contribution in [2.75, 3.05) is 5.32 Å². The first kappa shape index (κ1) is 12.0. The van der Waals surface area contributed by atoms with Crippen LogP contribution in [0.1, 0.15) is 13.8 Å². The highest BCUT2D eigenvalue weighted by atomic mass is 16.1. The average Bonchev–Trinajstić information content (AvgIpc) is 2.78. The van der Waals surface area contributed by atoms with Crippen LogP contribution >= 0.6 is 0 Å². The Morgan fingerprint density at radius 2 is 2.28 bits per heavy atom. The molecule has 0 aliphatic carbocycles. The Bertz CT molecular complexity index is 635. The Hall–Kier alpha value is -2.43. The SMILES string of the molecule is C=CC(C(=O)Nc1ccnc2[nH]ncc12)=C(C)C. The summed E-state index contributed by atoms with van der Waals surface area (Å²) in [6.07, 6.45) is 4.80. The Kier molecular flexibility index (Phi) is 3.23. The average molecular weight is 242 g/mol. The van der Waals surface area contributed by atoms with Crippen molar-refractivity contribution >= 4 is 22.6 Å². The van der Waals surface area contributed by atoms with Gasteiger partial charge in [-0.05, 0) is 19.9 Å². The number of pyridine rings is 1. The van der Waals surface area contributed by atoms with Crippen molar-refractivity contribution in [3.8, 4) is 0 Å². The highest BCUT2D eigenvalue weighted by Crippen LogP contribution is 2.20. The van der Waals surface area contributed by atoms with Crippen LogP contribution in [0.15, 0.2) is 42.3 Å². The number of nitrogens with one attached hydrogen (secondary N) is 2. The van der Waals surface area contributed by atoms with Crippen LogP contribution in [0.2, 0.25) is 0 Å². The van der Waals surface area contributed by atoms with Gasteiger partial charge in [-0.3, -0.25) is 9.89 Å². The summed E-state index contributed by atoms with van der Waals surface area (Å²) in [4.78, 5) is 16.2. The normalized spacial score (nSPS) is 10.1. The zero-order valence-electron chi connectivity index (χ0n) is 10.3. The smallest absolute Gasteiger partial charge is 0.255 e. The fourth-order valence-corrected chi connectivity index (χ4v) is 1.67. The van der Waals surface area contributed by atoms with Gasteiger partial charge in [-0.15, -0.1) is 0 Å². The molecule has 2 N–H and O–H groups in total. The number of allylic oxidation sites excluding steroid dienone is 1. The molecule has 0 spiro atoms. The third-order valence-electron chi connectivity index (χ3n) is 2.59. The van der Waals surface area contributed by atoms with Gasteiger partial charge < -0.3 is 5.32 Å². The molecular formula is C13H14N4O. The zero-order valence-corrected chi connectivity index (χ0v) is 10.3. The minimum Gasteiger partial charge on any atom is -0.321 e. The van der Waals surface area contributed by atoms with Gasteiger partial charge in [0.2, 0.25) is 0 Å². The highest BCUT2D eigenvalue weighted by Gasteiger charge is 2.10. The lowest BCUT2D eigenvalue weighted by Crippen LogP contribution is -2.14. The van der Waals surface area contributed by atoms with Crippen LogP contribution in [0.5, 0.6) is 0 Å². The maximum Gasteiger partial charge on any atom is 0.255 e. The maximum atomic E-state index is 12.1. The molecule has 0 aliphatic rings. The monoisotopic (exact) mass is 242 g/mol. The summed E-state index contributed by atoms with van der Waals surface area (Å²) in [5.41, 5.74) is 2.81. The molecule has 2 rings (SSSR count). The van der Waals surface area contributed by atoms with Crippen LogP contribution in [0.4, 0.5) is 5.69 Å². The van der Waals surface area contributed by atoms with Gasteiger partial charge >= 0.3 is 0 Å². The van der Waals surface area contributed by atoms with Crippen molar-refractivity contribution in [2.45, 2.75) is 13.8 Å². The second-order valence-electron chi connectivity index (χ2n) is 4.06. The molecule has 2 heterocycles. The summed E-state index contributed by atoms with van der Waals surface area (Å²) in [5, 5.41) is 10.3. The van der Waals surface area contributed by atoms with E-state index in [2.05, 4.69) is 27.1 Å². The number of hydrogen-bond donors (Lipinski definition) is 2.